The van der Waals surface area contributed by atoms with Gasteiger partial charge in [-0.05, 0) is 43.3 Å². The first kappa shape index (κ1) is 22.6. The van der Waals surface area contributed by atoms with Crippen LogP contribution in [0.3, 0.4) is 0 Å². The van der Waals surface area contributed by atoms with Crippen LogP contribution in [0.15, 0.2) is 35.2 Å². The van der Waals surface area contributed by atoms with Crippen molar-refractivity contribution in [2.45, 2.75) is 43.2 Å². The fourth-order valence-corrected chi connectivity index (χ4v) is 4.65. The molecule has 0 radical (unpaired) electrons. The highest BCUT2D eigenvalue weighted by molar-refractivity contribution is 7.89. The molecule has 4 rings (SSSR count). The number of halogens is 2. The van der Waals surface area contributed by atoms with Crippen LogP contribution in [0, 0.1) is 0 Å². The zero-order chi connectivity index (χ0) is 23.1. The number of nitrogens with one attached hydrogen (secondary N) is 1. The molecule has 2 aliphatic heterocycles. The SMILES string of the molecule is CN1Cc2cc(C(=O)Nc3cccc(S(N)(=O)=O)c3)c(N3CCCC(F)(F)CC3)nc2C1. The summed E-state index contributed by atoms with van der Waals surface area (Å²) in [4.78, 5) is 21.6. The Labute approximate surface area is 185 Å². The van der Waals surface area contributed by atoms with Crippen molar-refractivity contribution in [2.24, 2.45) is 5.14 Å². The second-order valence-corrected chi connectivity index (χ2v) is 9.92. The fourth-order valence-electron chi connectivity index (χ4n) is 4.09. The van der Waals surface area contributed by atoms with Crippen LogP contribution in [-0.4, -0.2) is 50.3 Å². The lowest BCUT2D eigenvalue weighted by molar-refractivity contribution is -0.0102. The Morgan fingerprint density at radius 3 is 2.72 bits per heavy atom. The molecule has 0 aliphatic carbocycles. The van der Waals surface area contributed by atoms with Gasteiger partial charge < -0.3 is 10.2 Å². The van der Waals surface area contributed by atoms with E-state index in [1.54, 1.807) is 17.0 Å². The number of rotatable bonds is 4. The number of hydrogen-bond acceptors (Lipinski definition) is 6. The Bertz CT molecular complexity index is 1160. The van der Waals surface area contributed by atoms with Gasteiger partial charge in [0.1, 0.15) is 5.82 Å². The highest BCUT2D eigenvalue weighted by Gasteiger charge is 2.34. The number of hydrogen-bond donors (Lipinski definition) is 2. The van der Waals surface area contributed by atoms with E-state index in [1.165, 1.54) is 18.2 Å². The molecule has 2 aliphatic rings. The highest BCUT2D eigenvalue weighted by atomic mass is 32.2. The van der Waals surface area contributed by atoms with Crippen molar-refractivity contribution in [3.8, 4) is 0 Å². The quantitative estimate of drug-likeness (QED) is 0.719. The normalized spacial score (nSPS) is 18.8. The van der Waals surface area contributed by atoms with Gasteiger partial charge in [0.2, 0.25) is 15.9 Å². The summed E-state index contributed by atoms with van der Waals surface area (Å²) in [6, 6.07) is 7.38. The molecule has 1 aromatic carbocycles. The van der Waals surface area contributed by atoms with Gasteiger partial charge in [0.15, 0.2) is 0 Å². The highest BCUT2D eigenvalue weighted by Crippen LogP contribution is 2.33. The summed E-state index contributed by atoms with van der Waals surface area (Å²) in [5, 5.41) is 7.87. The smallest absolute Gasteiger partial charge is 0.259 e. The number of nitrogens with zero attached hydrogens (tertiary/aromatic N) is 3. The zero-order valence-corrected chi connectivity index (χ0v) is 18.5. The van der Waals surface area contributed by atoms with E-state index >= 15 is 0 Å². The molecule has 0 bridgehead atoms. The maximum absolute atomic E-state index is 13.9. The van der Waals surface area contributed by atoms with Crippen LogP contribution >= 0.6 is 0 Å². The minimum absolute atomic E-state index is 0.0931. The van der Waals surface area contributed by atoms with Crippen molar-refractivity contribution in [1.29, 1.82) is 0 Å². The number of carbonyl (C=O) groups excluding carboxylic acids is 1. The Hall–Kier alpha value is -2.63. The van der Waals surface area contributed by atoms with Gasteiger partial charge in [0.25, 0.3) is 5.91 Å². The average molecular weight is 466 g/mol. The van der Waals surface area contributed by atoms with Gasteiger partial charge in [-0.1, -0.05) is 6.07 Å². The topological polar surface area (TPSA) is 109 Å². The minimum atomic E-state index is -3.93. The maximum Gasteiger partial charge on any atom is 0.259 e. The van der Waals surface area contributed by atoms with Gasteiger partial charge in [-0.25, -0.2) is 27.3 Å². The Morgan fingerprint density at radius 2 is 1.97 bits per heavy atom. The second kappa shape index (κ2) is 8.38. The standard InChI is InChI=1S/C21H25F2N5O3S/c1-27-12-14-10-17(20(29)25-15-4-2-5-16(11-15)32(24,30)31)19(26-18(14)13-27)28-8-3-6-21(22,23)7-9-28/h2,4-5,10-11H,3,6-9,12-13H2,1H3,(H,25,29)(H2,24,30,31). The maximum atomic E-state index is 13.9. The number of fused-ring (bicyclic) bond motifs is 1. The summed E-state index contributed by atoms with van der Waals surface area (Å²) < 4.78 is 51.1. The number of primary sulfonamides is 1. The first-order valence-electron chi connectivity index (χ1n) is 10.3. The van der Waals surface area contributed by atoms with Crippen LogP contribution in [0.25, 0.3) is 0 Å². The average Bonchev–Trinajstić information content (AvgIpc) is 2.97. The monoisotopic (exact) mass is 465 g/mol. The van der Waals surface area contributed by atoms with E-state index < -0.39 is 21.9 Å². The summed E-state index contributed by atoms with van der Waals surface area (Å²) in [5.41, 5.74) is 2.25. The number of carbonyl (C=O) groups is 1. The molecular formula is C21H25F2N5O3S. The van der Waals surface area contributed by atoms with E-state index in [1.807, 2.05) is 7.05 Å². The van der Waals surface area contributed by atoms with Crippen LogP contribution in [0.5, 0.6) is 0 Å². The summed E-state index contributed by atoms with van der Waals surface area (Å²) in [7, 11) is -1.99. The molecule has 11 heteroatoms. The van der Waals surface area contributed by atoms with Gasteiger partial charge in [-0.3, -0.25) is 9.69 Å². The molecule has 3 heterocycles. The molecule has 172 valence electrons. The van der Waals surface area contributed by atoms with E-state index in [9.17, 15) is 22.0 Å². The molecule has 0 atom stereocenters. The van der Waals surface area contributed by atoms with Gasteiger partial charge in [-0.15, -0.1) is 0 Å². The van der Waals surface area contributed by atoms with Gasteiger partial charge in [0.05, 0.1) is 16.2 Å². The third kappa shape index (κ3) is 4.89. The number of amides is 1. The predicted molar refractivity (Wildman–Crippen MR) is 116 cm³/mol. The van der Waals surface area contributed by atoms with Gasteiger partial charge >= 0.3 is 0 Å². The molecular weight excluding hydrogens is 440 g/mol. The van der Waals surface area contributed by atoms with Crippen molar-refractivity contribution in [3.05, 3.63) is 47.2 Å². The lowest BCUT2D eigenvalue weighted by Crippen LogP contribution is -2.30. The first-order valence-corrected chi connectivity index (χ1v) is 11.8. The van der Waals surface area contributed by atoms with Gasteiger partial charge in [-0.2, -0.15) is 0 Å². The summed E-state index contributed by atoms with van der Waals surface area (Å²) in [5.74, 6) is -2.85. The summed E-state index contributed by atoms with van der Waals surface area (Å²) in [6.45, 7) is 1.71. The van der Waals surface area contributed by atoms with Crippen molar-refractivity contribution in [3.63, 3.8) is 0 Å². The molecule has 3 N–H and O–H groups in total. The third-order valence-corrected chi connectivity index (χ3v) is 6.62. The molecule has 0 saturated carbocycles. The first-order chi connectivity index (χ1) is 15.0. The lowest BCUT2D eigenvalue weighted by Gasteiger charge is -2.25. The third-order valence-electron chi connectivity index (χ3n) is 5.71. The van der Waals surface area contributed by atoms with Crippen LogP contribution in [0.1, 0.15) is 40.9 Å². The Kier molecular flexibility index (Phi) is 5.91. The number of alkyl halides is 2. The van der Waals surface area contributed by atoms with Crippen LogP contribution in [0.4, 0.5) is 20.3 Å². The van der Waals surface area contributed by atoms with Crippen molar-refractivity contribution in [2.75, 3.05) is 30.4 Å². The number of nitrogens with two attached hydrogens (primary N) is 1. The largest absolute Gasteiger partial charge is 0.356 e. The van der Waals surface area contributed by atoms with Crippen molar-refractivity contribution < 1.29 is 22.0 Å². The van der Waals surface area contributed by atoms with E-state index in [4.69, 9.17) is 10.1 Å². The van der Waals surface area contributed by atoms with Crippen LogP contribution in [0.2, 0.25) is 0 Å². The van der Waals surface area contributed by atoms with Crippen molar-refractivity contribution in [1.82, 2.24) is 9.88 Å². The molecule has 1 aromatic heterocycles. The minimum Gasteiger partial charge on any atom is -0.356 e. The predicted octanol–water partition coefficient (Wildman–Crippen LogP) is 2.55. The summed E-state index contributed by atoms with van der Waals surface area (Å²) in [6.07, 6.45) is -0.203. The molecule has 0 unspecified atom stereocenters. The lowest BCUT2D eigenvalue weighted by atomic mass is 10.1. The molecule has 1 fully saturated rings. The Morgan fingerprint density at radius 1 is 1.19 bits per heavy atom. The zero-order valence-electron chi connectivity index (χ0n) is 17.6. The Balaban J connectivity index is 1.68. The summed E-state index contributed by atoms with van der Waals surface area (Å²) >= 11 is 0. The molecule has 32 heavy (non-hydrogen) atoms. The molecule has 2 aromatic rings. The van der Waals surface area contributed by atoms with E-state index in [-0.39, 0.29) is 35.5 Å². The van der Waals surface area contributed by atoms with E-state index in [0.29, 0.717) is 31.9 Å². The molecule has 1 saturated heterocycles. The molecule has 8 nitrogen and oxygen atoms in total. The van der Waals surface area contributed by atoms with E-state index in [0.717, 1.165) is 11.3 Å². The molecule has 0 spiro atoms. The van der Waals surface area contributed by atoms with Crippen LogP contribution < -0.4 is 15.4 Å². The number of benzene rings is 1. The van der Waals surface area contributed by atoms with Gasteiger partial charge in [0, 0.05) is 44.7 Å². The molecule has 1 amide bonds. The van der Waals surface area contributed by atoms with Crippen LogP contribution in [-0.2, 0) is 23.1 Å². The van der Waals surface area contributed by atoms with Crippen molar-refractivity contribution >= 4 is 27.4 Å². The number of aromatic nitrogens is 1. The second-order valence-electron chi connectivity index (χ2n) is 8.36. The number of sulfonamides is 1. The number of pyridine rings is 1. The fraction of sp³-hybridized carbons (Fsp3) is 0.429. The van der Waals surface area contributed by atoms with E-state index in [2.05, 4.69) is 10.2 Å². The number of anilines is 2.